The van der Waals surface area contributed by atoms with Crippen molar-refractivity contribution < 1.29 is 14.3 Å². The SMILES string of the molecule is N#Cc1cc(C=O)ccc1OCC1COC1. The standard InChI is InChI=1S/C12H11NO3/c13-4-11-3-9(5-14)1-2-12(11)16-8-10-6-15-7-10/h1-3,5,10H,6-8H2. The predicted molar refractivity (Wildman–Crippen MR) is 56.3 cm³/mol. The summed E-state index contributed by atoms with van der Waals surface area (Å²) in [5.41, 5.74) is 0.876. The maximum absolute atomic E-state index is 10.5. The second-order valence-corrected chi connectivity index (χ2v) is 3.70. The van der Waals surface area contributed by atoms with Crippen LogP contribution in [0.4, 0.5) is 0 Å². The van der Waals surface area contributed by atoms with E-state index in [0.29, 0.717) is 48.9 Å². The second-order valence-electron chi connectivity index (χ2n) is 3.70. The Morgan fingerprint density at radius 3 is 2.94 bits per heavy atom. The first-order valence-corrected chi connectivity index (χ1v) is 5.03. The Kier molecular flexibility index (Phi) is 3.18. The van der Waals surface area contributed by atoms with Crippen molar-refractivity contribution in [2.75, 3.05) is 19.8 Å². The summed E-state index contributed by atoms with van der Waals surface area (Å²) in [5, 5.41) is 8.90. The molecule has 4 heteroatoms. The van der Waals surface area contributed by atoms with Crippen LogP contribution in [0.15, 0.2) is 18.2 Å². The van der Waals surface area contributed by atoms with Gasteiger partial charge in [0.05, 0.1) is 25.4 Å². The highest BCUT2D eigenvalue weighted by molar-refractivity contribution is 5.76. The Morgan fingerprint density at radius 2 is 2.38 bits per heavy atom. The third kappa shape index (κ3) is 2.20. The summed E-state index contributed by atoms with van der Waals surface area (Å²) in [6, 6.07) is 6.84. The summed E-state index contributed by atoms with van der Waals surface area (Å²) in [4.78, 5) is 10.5. The van der Waals surface area contributed by atoms with Crippen molar-refractivity contribution in [1.82, 2.24) is 0 Å². The molecule has 1 aliphatic heterocycles. The lowest BCUT2D eigenvalue weighted by Gasteiger charge is -2.25. The van der Waals surface area contributed by atoms with Crippen molar-refractivity contribution in [1.29, 1.82) is 5.26 Å². The molecule has 0 aromatic heterocycles. The number of benzene rings is 1. The Hall–Kier alpha value is -1.86. The third-order valence-corrected chi connectivity index (χ3v) is 2.44. The van der Waals surface area contributed by atoms with Crippen molar-refractivity contribution in [3.8, 4) is 11.8 Å². The molecular weight excluding hydrogens is 206 g/mol. The maximum Gasteiger partial charge on any atom is 0.150 e. The normalized spacial score (nSPS) is 14.9. The van der Waals surface area contributed by atoms with E-state index in [2.05, 4.69) is 0 Å². The summed E-state index contributed by atoms with van der Waals surface area (Å²) < 4.78 is 10.5. The number of hydrogen-bond donors (Lipinski definition) is 0. The van der Waals surface area contributed by atoms with E-state index >= 15 is 0 Å². The Morgan fingerprint density at radius 1 is 1.56 bits per heavy atom. The molecule has 0 N–H and O–H groups in total. The molecule has 0 amide bonds. The van der Waals surface area contributed by atoms with E-state index in [4.69, 9.17) is 14.7 Å². The number of ether oxygens (including phenoxy) is 2. The molecule has 1 heterocycles. The van der Waals surface area contributed by atoms with E-state index < -0.39 is 0 Å². The Bertz CT molecular complexity index is 432. The van der Waals surface area contributed by atoms with Crippen LogP contribution in [0.25, 0.3) is 0 Å². The fraction of sp³-hybridized carbons (Fsp3) is 0.333. The predicted octanol–water partition coefficient (Wildman–Crippen LogP) is 1.40. The van der Waals surface area contributed by atoms with E-state index in [0.717, 1.165) is 0 Å². The first-order valence-electron chi connectivity index (χ1n) is 5.03. The molecule has 1 aromatic rings. The molecule has 1 fully saturated rings. The third-order valence-electron chi connectivity index (χ3n) is 2.44. The summed E-state index contributed by atoms with van der Waals surface area (Å²) >= 11 is 0. The van der Waals surface area contributed by atoms with Gasteiger partial charge in [0.15, 0.2) is 0 Å². The number of carbonyl (C=O) groups excluding carboxylic acids is 1. The molecule has 4 nitrogen and oxygen atoms in total. The van der Waals surface area contributed by atoms with Crippen molar-refractivity contribution in [3.63, 3.8) is 0 Å². The molecule has 0 aliphatic carbocycles. The van der Waals surface area contributed by atoms with E-state index in [1.807, 2.05) is 6.07 Å². The highest BCUT2D eigenvalue weighted by Gasteiger charge is 2.19. The Balaban J connectivity index is 2.07. The summed E-state index contributed by atoms with van der Waals surface area (Å²) in [6.45, 7) is 1.98. The van der Waals surface area contributed by atoms with Crippen LogP contribution < -0.4 is 4.74 Å². The van der Waals surface area contributed by atoms with Crippen LogP contribution in [0, 0.1) is 17.2 Å². The van der Waals surface area contributed by atoms with Gasteiger partial charge in [0.2, 0.25) is 0 Å². The molecule has 0 atom stereocenters. The van der Waals surface area contributed by atoms with Gasteiger partial charge in [0.1, 0.15) is 18.1 Å². The minimum Gasteiger partial charge on any atom is -0.492 e. The molecule has 0 spiro atoms. The lowest BCUT2D eigenvalue weighted by molar-refractivity contribution is -0.0508. The zero-order valence-corrected chi connectivity index (χ0v) is 8.68. The van der Waals surface area contributed by atoms with Crippen LogP contribution in [0.3, 0.4) is 0 Å². The monoisotopic (exact) mass is 217 g/mol. The van der Waals surface area contributed by atoms with Crippen molar-refractivity contribution in [2.24, 2.45) is 5.92 Å². The van der Waals surface area contributed by atoms with Gasteiger partial charge in [-0.05, 0) is 18.2 Å². The zero-order valence-electron chi connectivity index (χ0n) is 8.68. The average Bonchev–Trinajstić information content (AvgIpc) is 2.27. The summed E-state index contributed by atoms with van der Waals surface area (Å²) in [7, 11) is 0. The molecule has 1 aromatic carbocycles. The number of rotatable bonds is 4. The van der Waals surface area contributed by atoms with Gasteiger partial charge in [-0.25, -0.2) is 0 Å². The number of carbonyl (C=O) groups is 1. The van der Waals surface area contributed by atoms with Crippen LogP contribution in [0.5, 0.6) is 5.75 Å². The summed E-state index contributed by atoms with van der Waals surface area (Å²) in [5.74, 6) is 0.942. The molecule has 16 heavy (non-hydrogen) atoms. The van der Waals surface area contributed by atoms with Crippen molar-refractivity contribution in [3.05, 3.63) is 29.3 Å². The van der Waals surface area contributed by atoms with Gasteiger partial charge in [-0.3, -0.25) is 4.79 Å². The first kappa shape index (κ1) is 10.7. The van der Waals surface area contributed by atoms with Crippen LogP contribution >= 0.6 is 0 Å². The van der Waals surface area contributed by atoms with Gasteiger partial charge >= 0.3 is 0 Å². The quantitative estimate of drug-likeness (QED) is 0.715. The molecule has 1 saturated heterocycles. The number of nitriles is 1. The smallest absolute Gasteiger partial charge is 0.150 e. The Labute approximate surface area is 93.4 Å². The average molecular weight is 217 g/mol. The molecule has 82 valence electrons. The van der Waals surface area contributed by atoms with Crippen LogP contribution in [0.2, 0.25) is 0 Å². The van der Waals surface area contributed by atoms with Gasteiger partial charge in [0.25, 0.3) is 0 Å². The van der Waals surface area contributed by atoms with Crippen LogP contribution in [0.1, 0.15) is 15.9 Å². The fourth-order valence-corrected chi connectivity index (χ4v) is 1.42. The topological polar surface area (TPSA) is 59.3 Å². The van der Waals surface area contributed by atoms with E-state index in [1.165, 1.54) is 6.07 Å². The lowest BCUT2D eigenvalue weighted by Crippen LogP contribution is -2.32. The largest absolute Gasteiger partial charge is 0.492 e. The second kappa shape index (κ2) is 4.77. The minimum absolute atomic E-state index is 0.393. The summed E-state index contributed by atoms with van der Waals surface area (Å²) in [6.07, 6.45) is 0.713. The van der Waals surface area contributed by atoms with E-state index in [1.54, 1.807) is 12.1 Å². The highest BCUT2D eigenvalue weighted by atomic mass is 16.5. The fourth-order valence-electron chi connectivity index (χ4n) is 1.42. The van der Waals surface area contributed by atoms with E-state index in [9.17, 15) is 4.79 Å². The van der Waals surface area contributed by atoms with Gasteiger partial charge < -0.3 is 9.47 Å². The van der Waals surface area contributed by atoms with Gasteiger partial charge in [-0.15, -0.1) is 0 Å². The maximum atomic E-state index is 10.5. The van der Waals surface area contributed by atoms with Crippen LogP contribution in [-0.4, -0.2) is 26.1 Å². The van der Waals surface area contributed by atoms with Gasteiger partial charge in [0, 0.05) is 11.5 Å². The number of hydrogen-bond acceptors (Lipinski definition) is 4. The molecule has 0 bridgehead atoms. The molecule has 1 aliphatic rings. The lowest BCUT2D eigenvalue weighted by atomic mass is 10.1. The van der Waals surface area contributed by atoms with Crippen molar-refractivity contribution in [2.45, 2.75) is 0 Å². The molecule has 2 rings (SSSR count). The molecule has 0 saturated carbocycles. The highest BCUT2D eigenvalue weighted by Crippen LogP contribution is 2.20. The van der Waals surface area contributed by atoms with Crippen LogP contribution in [-0.2, 0) is 4.74 Å². The van der Waals surface area contributed by atoms with E-state index in [-0.39, 0.29) is 0 Å². The zero-order chi connectivity index (χ0) is 11.4. The molecular formula is C12H11NO3. The number of nitrogens with zero attached hydrogens (tertiary/aromatic N) is 1. The molecule has 0 unspecified atom stereocenters. The molecule has 0 radical (unpaired) electrons. The van der Waals surface area contributed by atoms with Gasteiger partial charge in [-0.1, -0.05) is 0 Å². The van der Waals surface area contributed by atoms with Gasteiger partial charge in [-0.2, -0.15) is 5.26 Å². The minimum atomic E-state index is 0.393. The number of aldehydes is 1. The van der Waals surface area contributed by atoms with Crippen molar-refractivity contribution >= 4 is 6.29 Å². The first-order chi connectivity index (χ1) is 7.83.